The summed E-state index contributed by atoms with van der Waals surface area (Å²) in [7, 11) is 0. The molecule has 1 aromatic rings. The van der Waals surface area contributed by atoms with Crippen LogP contribution >= 0.6 is 0 Å². The molecule has 0 amide bonds. The fourth-order valence-corrected chi connectivity index (χ4v) is 1.38. The minimum absolute atomic E-state index is 0.0631. The summed E-state index contributed by atoms with van der Waals surface area (Å²) in [5.74, 6) is 0.555. The molecule has 1 unspecified atom stereocenters. The second-order valence-electron chi connectivity index (χ2n) is 4.25. The van der Waals surface area contributed by atoms with Crippen LogP contribution in [0.5, 0.6) is 11.5 Å². The minimum Gasteiger partial charge on any atom is -0.507 e. The van der Waals surface area contributed by atoms with Crippen molar-refractivity contribution < 1.29 is 15.1 Å². The number of nitrogens with one attached hydrogen (secondary N) is 1. The second-order valence-corrected chi connectivity index (χ2v) is 4.25. The molecule has 1 atom stereocenters. The Morgan fingerprint density at radius 2 is 1.75 bits per heavy atom. The normalized spacial score (nSPS) is 13.0. The summed E-state index contributed by atoms with van der Waals surface area (Å²) >= 11 is 0. The van der Waals surface area contributed by atoms with Gasteiger partial charge in [0.2, 0.25) is 0 Å². The van der Waals surface area contributed by atoms with Gasteiger partial charge in [-0.1, -0.05) is 19.9 Å². The Morgan fingerprint density at radius 1 is 1.19 bits per heavy atom. The van der Waals surface area contributed by atoms with Crippen molar-refractivity contribution in [2.75, 3.05) is 6.61 Å². The molecule has 1 aromatic carbocycles. The molecule has 0 radical (unpaired) electrons. The highest BCUT2D eigenvalue weighted by molar-refractivity contribution is 5.44. The molecule has 0 aromatic heterocycles. The first-order valence-corrected chi connectivity index (χ1v) is 5.40. The SMILES string of the molecule is CC(C)CONC(C)c1c(O)cccc1O. The van der Waals surface area contributed by atoms with E-state index in [1.165, 1.54) is 12.1 Å². The number of phenolic OH excluding ortho intramolecular Hbond substituents is 2. The van der Waals surface area contributed by atoms with Crippen molar-refractivity contribution in [2.24, 2.45) is 5.92 Å². The largest absolute Gasteiger partial charge is 0.507 e. The molecule has 0 spiro atoms. The van der Waals surface area contributed by atoms with Crippen LogP contribution in [0.1, 0.15) is 32.4 Å². The van der Waals surface area contributed by atoms with Gasteiger partial charge in [0.05, 0.1) is 18.2 Å². The van der Waals surface area contributed by atoms with Crippen molar-refractivity contribution >= 4 is 0 Å². The monoisotopic (exact) mass is 225 g/mol. The van der Waals surface area contributed by atoms with Gasteiger partial charge in [-0.15, -0.1) is 0 Å². The second kappa shape index (κ2) is 5.72. The molecule has 4 heteroatoms. The van der Waals surface area contributed by atoms with Crippen LogP contribution < -0.4 is 5.48 Å². The van der Waals surface area contributed by atoms with Gasteiger partial charge in [0.25, 0.3) is 0 Å². The van der Waals surface area contributed by atoms with Crippen LogP contribution in [0, 0.1) is 5.92 Å². The van der Waals surface area contributed by atoms with Gasteiger partial charge in [0.15, 0.2) is 0 Å². The molecule has 0 saturated carbocycles. The summed E-state index contributed by atoms with van der Waals surface area (Å²) in [5, 5.41) is 19.2. The third-order valence-electron chi connectivity index (χ3n) is 2.17. The molecule has 0 saturated heterocycles. The fraction of sp³-hybridized carbons (Fsp3) is 0.500. The van der Waals surface area contributed by atoms with Gasteiger partial charge in [-0.2, -0.15) is 5.48 Å². The van der Waals surface area contributed by atoms with Gasteiger partial charge in [0.1, 0.15) is 11.5 Å². The van der Waals surface area contributed by atoms with Crippen molar-refractivity contribution in [3.63, 3.8) is 0 Å². The minimum atomic E-state index is -0.264. The van der Waals surface area contributed by atoms with E-state index in [0.29, 0.717) is 18.1 Å². The van der Waals surface area contributed by atoms with E-state index < -0.39 is 0 Å². The predicted molar refractivity (Wildman–Crippen MR) is 62.1 cm³/mol. The van der Waals surface area contributed by atoms with E-state index >= 15 is 0 Å². The number of benzene rings is 1. The van der Waals surface area contributed by atoms with Gasteiger partial charge in [-0.05, 0) is 25.0 Å². The molecular weight excluding hydrogens is 206 g/mol. The maximum absolute atomic E-state index is 9.61. The summed E-state index contributed by atoms with van der Waals surface area (Å²) in [6, 6.07) is 4.40. The zero-order valence-electron chi connectivity index (χ0n) is 9.90. The molecule has 0 aliphatic rings. The predicted octanol–water partition coefficient (Wildman–Crippen LogP) is 2.34. The highest BCUT2D eigenvalue weighted by Crippen LogP contribution is 2.31. The van der Waals surface area contributed by atoms with E-state index in [1.807, 2.05) is 20.8 Å². The molecule has 0 aliphatic heterocycles. The maximum atomic E-state index is 9.61. The van der Waals surface area contributed by atoms with Crippen LogP contribution in [-0.4, -0.2) is 16.8 Å². The van der Waals surface area contributed by atoms with Crippen molar-refractivity contribution in [1.82, 2.24) is 5.48 Å². The molecule has 90 valence electrons. The lowest BCUT2D eigenvalue weighted by Crippen LogP contribution is -2.21. The lowest BCUT2D eigenvalue weighted by Gasteiger charge is -2.17. The number of hydrogen-bond acceptors (Lipinski definition) is 4. The fourth-order valence-electron chi connectivity index (χ4n) is 1.38. The van der Waals surface area contributed by atoms with Crippen LogP contribution in [-0.2, 0) is 4.84 Å². The first kappa shape index (κ1) is 12.8. The van der Waals surface area contributed by atoms with Crippen molar-refractivity contribution in [2.45, 2.75) is 26.8 Å². The van der Waals surface area contributed by atoms with Crippen LogP contribution in [0.4, 0.5) is 0 Å². The first-order valence-electron chi connectivity index (χ1n) is 5.40. The quantitative estimate of drug-likeness (QED) is 0.673. The number of phenols is 2. The standard InChI is InChI=1S/C12H19NO3/c1-8(2)7-16-13-9(3)12-10(14)5-4-6-11(12)15/h4-6,8-9,13-15H,7H2,1-3H3. The van der Waals surface area contributed by atoms with Gasteiger partial charge in [-0.3, -0.25) is 0 Å². The Bertz CT molecular complexity index is 319. The van der Waals surface area contributed by atoms with E-state index in [1.54, 1.807) is 6.07 Å². The molecule has 16 heavy (non-hydrogen) atoms. The van der Waals surface area contributed by atoms with Crippen LogP contribution in [0.25, 0.3) is 0 Å². The van der Waals surface area contributed by atoms with E-state index in [-0.39, 0.29) is 17.5 Å². The lowest BCUT2D eigenvalue weighted by atomic mass is 10.1. The van der Waals surface area contributed by atoms with Crippen LogP contribution in [0.3, 0.4) is 0 Å². The molecule has 0 aliphatic carbocycles. The summed E-state index contributed by atoms with van der Waals surface area (Å²) in [4.78, 5) is 5.25. The van der Waals surface area contributed by atoms with Crippen molar-refractivity contribution in [1.29, 1.82) is 0 Å². The van der Waals surface area contributed by atoms with Gasteiger partial charge in [0, 0.05) is 0 Å². The average Bonchev–Trinajstić information content (AvgIpc) is 2.16. The molecule has 1 rings (SSSR count). The third kappa shape index (κ3) is 3.40. The van der Waals surface area contributed by atoms with Crippen LogP contribution in [0.2, 0.25) is 0 Å². The van der Waals surface area contributed by atoms with Crippen LogP contribution in [0.15, 0.2) is 18.2 Å². The van der Waals surface area contributed by atoms with Gasteiger partial charge in [-0.25, -0.2) is 0 Å². The molecule has 0 bridgehead atoms. The third-order valence-corrected chi connectivity index (χ3v) is 2.17. The summed E-state index contributed by atoms with van der Waals surface area (Å²) in [5.41, 5.74) is 3.24. The van der Waals surface area contributed by atoms with Gasteiger partial charge < -0.3 is 15.1 Å². The summed E-state index contributed by atoms with van der Waals surface area (Å²) in [6.45, 7) is 6.49. The van der Waals surface area contributed by atoms with E-state index in [0.717, 1.165) is 0 Å². The zero-order valence-corrected chi connectivity index (χ0v) is 9.90. The number of hydrogen-bond donors (Lipinski definition) is 3. The highest BCUT2D eigenvalue weighted by atomic mass is 16.6. The molecule has 3 N–H and O–H groups in total. The Kier molecular flexibility index (Phi) is 4.58. The first-order chi connectivity index (χ1) is 7.52. The Labute approximate surface area is 95.8 Å². The number of aromatic hydroxyl groups is 2. The molecule has 0 fully saturated rings. The van der Waals surface area contributed by atoms with Crippen molar-refractivity contribution in [3.8, 4) is 11.5 Å². The smallest absolute Gasteiger partial charge is 0.124 e. The Balaban J connectivity index is 2.62. The highest BCUT2D eigenvalue weighted by Gasteiger charge is 2.14. The topological polar surface area (TPSA) is 61.7 Å². The zero-order chi connectivity index (χ0) is 12.1. The average molecular weight is 225 g/mol. The van der Waals surface area contributed by atoms with Crippen molar-refractivity contribution in [3.05, 3.63) is 23.8 Å². The summed E-state index contributed by atoms with van der Waals surface area (Å²) in [6.07, 6.45) is 0. The lowest BCUT2D eigenvalue weighted by molar-refractivity contribution is 0.00325. The van der Waals surface area contributed by atoms with Gasteiger partial charge >= 0.3 is 0 Å². The molecule has 4 nitrogen and oxygen atoms in total. The number of hydroxylamine groups is 1. The van der Waals surface area contributed by atoms with E-state index in [2.05, 4.69) is 5.48 Å². The maximum Gasteiger partial charge on any atom is 0.124 e. The Hall–Kier alpha value is -1.26. The number of rotatable bonds is 5. The Morgan fingerprint density at radius 3 is 2.25 bits per heavy atom. The van der Waals surface area contributed by atoms with E-state index in [9.17, 15) is 10.2 Å². The summed E-state index contributed by atoms with van der Waals surface area (Å²) < 4.78 is 0. The molecule has 0 heterocycles. The van der Waals surface area contributed by atoms with E-state index in [4.69, 9.17) is 4.84 Å². The molecular formula is C12H19NO3.